The van der Waals surface area contributed by atoms with Gasteiger partial charge in [-0.25, -0.2) is 9.13 Å². The van der Waals surface area contributed by atoms with Gasteiger partial charge in [0.2, 0.25) is 0 Å². The number of aromatic nitrogens is 2. The maximum Gasteiger partial charge on any atom is 0.271 e. The molecule has 0 fully saturated rings. The number of anilines is 2. The molecule has 0 aliphatic heterocycles. The highest BCUT2D eigenvalue weighted by molar-refractivity contribution is 5.98. The standard InChI is InChI=1S/C22H12N6O8/c23-15-3-1-9(27(33)34)5-17(15)25-19(29)11-7-13-14(8-12(11)20(25)30)22(32)26(21(13)31)18-6-10(28(35)36)2-4-16(18)24/h1-8H,23-24H2. The molecule has 36 heavy (non-hydrogen) atoms. The molecule has 5 rings (SSSR count). The van der Waals surface area contributed by atoms with Gasteiger partial charge in [0.05, 0.1) is 54.1 Å². The molecular formula is C22H12N6O8. The molecule has 0 amide bonds. The quantitative estimate of drug-likeness (QED) is 0.207. The third-order valence-corrected chi connectivity index (χ3v) is 5.82. The smallest absolute Gasteiger partial charge is 0.271 e. The number of non-ortho nitro benzene ring substituents is 2. The SMILES string of the molecule is Nc1ccc([N+](=O)[O-])cc1-n1c(=O)c2cc3c(=O)n(-c4cc([N+](=O)[O-])ccc4N)c(=O)c3cc2c1=O. The molecule has 3 aromatic carbocycles. The first-order chi connectivity index (χ1) is 17.0. The van der Waals surface area contributed by atoms with Crippen molar-refractivity contribution in [1.82, 2.24) is 9.13 Å². The average molecular weight is 488 g/mol. The van der Waals surface area contributed by atoms with Crippen molar-refractivity contribution < 1.29 is 9.85 Å². The predicted molar refractivity (Wildman–Crippen MR) is 130 cm³/mol. The molecule has 0 spiro atoms. The monoisotopic (exact) mass is 488 g/mol. The Hall–Kier alpha value is -5.66. The van der Waals surface area contributed by atoms with Crippen LogP contribution in [0, 0.1) is 20.2 Å². The molecule has 14 heteroatoms. The molecule has 4 N–H and O–H groups in total. The summed E-state index contributed by atoms with van der Waals surface area (Å²) in [6, 6.07) is 8.62. The predicted octanol–water partition coefficient (Wildman–Crippen LogP) is 0.872. The highest BCUT2D eigenvalue weighted by Gasteiger charge is 2.24. The molecule has 0 aliphatic rings. The summed E-state index contributed by atoms with van der Waals surface area (Å²) in [6.45, 7) is 0. The summed E-state index contributed by atoms with van der Waals surface area (Å²) in [6.07, 6.45) is 0. The Bertz CT molecular complexity index is 1790. The van der Waals surface area contributed by atoms with Gasteiger partial charge in [-0.1, -0.05) is 0 Å². The first kappa shape index (κ1) is 22.1. The lowest BCUT2D eigenvalue weighted by Gasteiger charge is -2.04. The van der Waals surface area contributed by atoms with E-state index in [4.69, 9.17) is 11.5 Å². The summed E-state index contributed by atoms with van der Waals surface area (Å²) in [5.74, 6) is 0. The molecular weight excluding hydrogens is 476 g/mol. The summed E-state index contributed by atoms with van der Waals surface area (Å²) in [4.78, 5) is 73.4. The number of hydrogen-bond donors (Lipinski definition) is 2. The van der Waals surface area contributed by atoms with Gasteiger partial charge in [0.25, 0.3) is 33.6 Å². The number of nitrogens with zero attached hydrogens (tertiary/aromatic N) is 4. The molecule has 0 radical (unpaired) electrons. The lowest BCUT2D eigenvalue weighted by atomic mass is 10.1. The molecule has 2 aromatic heterocycles. The van der Waals surface area contributed by atoms with Crippen LogP contribution in [0.2, 0.25) is 0 Å². The number of nitro groups is 2. The van der Waals surface area contributed by atoms with Crippen LogP contribution in [0.5, 0.6) is 0 Å². The van der Waals surface area contributed by atoms with Gasteiger partial charge in [0, 0.05) is 24.3 Å². The minimum atomic E-state index is -0.904. The van der Waals surface area contributed by atoms with Crippen molar-refractivity contribution in [1.29, 1.82) is 0 Å². The van der Waals surface area contributed by atoms with Gasteiger partial charge in [-0.05, 0) is 24.3 Å². The Morgan fingerprint density at radius 3 is 1.14 bits per heavy atom. The third kappa shape index (κ3) is 2.98. The molecule has 0 bridgehead atoms. The summed E-state index contributed by atoms with van der Waals surface area (Å²) >= 11 is 0. The van der Waals surface area contributed by atoms with E-state index >= 15 is 0 Å². The summed E-state index contributed by atoms with van der Waals surface area (Å²) in [5, 5.41) is 21.4. The zero-order valence-electron chi connectivity index (χ0n) is 17.8. The van der Waals surface area contributed by atoms with E-state index in [0.29, 0.717) is 9.13 Å². The second-order valence-corrected chi connectivity index (χ2v) is 7.84. The van der Waals surface area contributed by atoms with E-state index in [0.717, 1.165) is 36.4 Å². The molecule has 0 saturated carbocycles. The van der Waals surface area contributed by atoms with Gasteiger partial charge in [0.15, 0.2) is 0 Å². The molecule has 14 nitrogen and oxygen atoms in total. The van der Waals surface area contributed by atoms with Gasteiger partial charge < -0.3 is 11.5 Å². The van der Waals surface area contributed by atoms with Crippen LogP contribution in [0.3, 0.4) is 0 Å². The molecule has 0 saturated heterocycles. The Morgan fingerprint density at radius 1 is 0.556 bits per heavy atom. The van der Waals surface area contributed by atoms with E-state index in [9.17, 15) is 39.4 Å². The maximum atomic E-state index is 13.1. The van der Waals surface area contributed by atoms with Crippen molar-refractivity contribution in [3.8, 4) is 11.4 Å². The van der Waals surface area contributed by atoms with Gasteiger partial charge in [-0.15, -0.1) is 0 Å². The van der Waals surface area contributed by atoms with Gasteiger partial charge in [0.1, 0.15) is 0 Å². The van der Waals surface area contributed by atoms with Crippen molar-refractivity contribution in [2.45, 2.75) is 0 Å². The Morgan fingerprint density at radius 2 is 0.861 bits per heavy atom. The van der Waals surface area contributed by atoms with Crippen molar-refractivity contribution >= 4 is 44.3 Å². The van der Waals surface area contributed by atoms with Gasteiger partial charge >= 0.3 is 0 Å². The lowest BCUT2D eigenvalue weighted by molar-refractivity contribution is -0.385. The number of benzene rings is 3. The van der Waals surface area contributed by atoms with Crippen molar-refractivity contribution in [2.24, 2.45) is 0 Å². The molecule has 0 atom stereocenters. The first-order valence-electron chi connectivity index (χ1n) is 10.0. The van der Waals surface area contributed by atoms with Crippen LogP contribution in [0.15, 0.2) is 67.7 Å². The molecule has 2 heterocycles. The second kappa shape index (κ2) is 7.42. The van der Waals surface area contributed by atoms with Crippen molar-refractivity contribution in [2.75, 3.05) is 11.5 Å². The first-order valence-corrected chi connectivity index (χ1v) is 10.0. The van der Waals surface area contributed by atoms with E-state index in [-0.39, 0.29) is 44.3 Å². The highest BCUT2D eigenvalue weighted by atomic mass is 16.6. The normalized spacial score (nSPS) is 11.3. The number of nitrogen functional groups attached to an aromatic ring is 2. The topological polar surface area (TPSA) is 216 Å². The summed E-state index contributed by atoms with van der Waals surface area (Å²) in [7, 11) is 0. The van der Waals surface area contributed by atoms with Crippen molar-refractivity contribution in [3.63, 3.8) is 0 Å². The minimum absolute atomic E-state index is 0.0814. The highest BCUT2D eigenvalue weighted by Crippen LogP contribution is 2.25. The maximum absolute atomic E-state index is 13.1. The van der Waals surface area contributed by atoms with Crippen LogP contribution < -0.4 is 33.7 Å². The fourth-order valence-corrected chi connectivity index (χ4v) is 4.09. The lowest BCUT2D eigenvalue weighted by Crippen LogP contribution is -2.25. The summed E-state index contributed by atoms with van der Waals surface area (Å²) in [5.41, 5.74) is 6.67. The zero-order valence-corrected chi connectivity index (χ0v) is 17.8. The molecule has 178 valence electrons. The van der Waals surface area contributed by atoms with E-state index in [1.54, 1.807) is 0 Å². The third-order valence-electron chi connectivity index (χ3n) is 5.82. The molecule has 0 aliphatic carbocycles. The summed E-state index contributed by atoms with van der Waals surface area (Å²) < 4.78 is 1.26. The number of hydrogen-bond acceptors (Lipinski definition) is 10. The van der Waals surface area contributed by atoms with E-state index in [1.807, 2.05) is 0 Å². The van der Waals surface area contributed by atoms with Crippen LogP contribution in [0.25, 0.3) is 32.9 Å². The Balaban J connectivity index is 1.83. The van der Waals surface area contributed by atoms with Crippen LogP contribution in [-0.4, -0.2) is 19.0 Å². The Labute approximate surface area is 196 Å². The fourth-order valence-electron chi connectivity index (χ4n) is 4.09. The van der Waals surface area contributed by atoms with Gasteiger partial charge in [-0.3, -0.25) is 39.4 Å². The van der Waals surface area contributed by atoms with E-state index in [2.05, 4.69) is 0 Å². The van der Waals surface area contributed by atoms with Crippen LogP contribution in [0.4, 0.5) is 22.7 Å². The molecule has 5 aromatic rings. The van der Waals surface area contributed by atoms with E-state index < -0.39 is 43.5 Å². The minimum Gasteiger partial charge on any atom is -0.397 e. The number of nitrogens with two attached hydrogens (primary N) is 2. The molecule has 0 unspecified atom stereocenters. The van der Waals surface area contributed by atoms with E-state index in [1.165, 1.54) is 12.1 Å². The Kier molecular flexibility index (Phi) is 4.57. The van der Waals surface area contributed by atoms with Crippen LogP contribution in [-0.2, 0) is 0 Å². The fraction of sp³-hybridized carbons (Fsp3) is 0. The van der Waals surface area contributed by atoms with Crippen LogP contribution >= 0.6 is 0 Å². The van der Waals surface area contributed by atoms with Gasteiger partial charge in [-0.2, -0.15) is 0 Å². The largest absolute Gasteiger partial charge is 0.397 e. The van der Waals surface area contributed by atoms with Crippen molar-refractivity contribution in [3.05, 3.63) is 110 Å². The second-order valence-electron chi connectivity index (χ2n) is 7.84. The van der Waals surface area contributed by atoms with Crippen LogP contribution in [0.1, 0.15) is 0 Å². The number of nitro benzene ring substituents is 2. The zero-order chi connectivity index (χ0) is 26.0. The number of rotatable bonds is 4. The average Bonchev–Trinajstić information content (AvgIpc) is 3.22. The number of fused-ring (bicyclic) bond motifs is 2.